The van der Waals surface area contributed by atoms with Crippen LogP contribution in [-0.4, -0.2) is 122 Å². The lowest BCUT2D eigenvalue weighted by atomic mass is 10.1. The number of carbonyl (C=O) groups is 1. The van der Waals surface area contributed by atoms with Gasteiger partial charge in [0.2, 0.25) is 5.91 Å². The van der Waals surface area contributed by atoms with E-state index in [9.17, 15) is 14.3 Å². The third-order valence-electron chi connectivity index (χ3n) is 5.72. The lowest BCUT2D eigenvalue weighted by Crippen LogP contribution is -2.53. The first-order chi connectivity index (χ1) is 13.5. The number of piperazine rings is 2. The molecule has 164 valence electrons. The Morgan fingerprint density at radius 2 is 1.61 bits per heavy atom. The zero-order valence-corrected chi connectivity index (χ0v) is 17.7. The first-order valence-corrected chi connectivity index (χ1v) is 10.8. The fourth-order valence-electron chi connectivity index (χ4n) is 3.91. The highest BCUT2D eigenvalue weighted by Crippen LogP contribution is 2.14. The molecule has 0 aromatic carbocycles. The monoisotopic (exact) mass is 402 g/mol. The van der Waals surface area contributed by atoms with Gasteiger partial charge in [0.15, 0.2) is 0 Å². The van der Waals surface area contributed by atoms with Crippen LogP contribution in [0.1, 0.15) is 26.7 Å². The van der Waals surface area contributed by atoms with Gasteiger partial charge < -0.3 is 14.7 Å². The van der Waals surface area contributed by atoms with Crippen LogP contribution in [0.3, 0.4) is 0 Å². The molecular weight excluding hydrogens is 363 g/mol. The number of ether oxygens (including phenoxy) is 1. The summed E-state index contributed by atoms with van der Waals surface area (Å²) in [7, 11) is 0. The van der Waals surface area contributed by atoms with Gasteiger partial charge in [-0.1, -0.05) is 13.8 Å². The molecule has 1 N–H and O–H groups in total. The number of carbonyl (C=O) groups excluding carboxylic acids is 1. The normalized spacial score (nSPS) is 21.4. The molecule has 7 nitrogen and oxygen atoms in total. The van der Waals surface area contributed by atoms with Crippen LogP contribution >= 0.6 is 0 Å². The molecule has 0 saturated carbocycles. The van der Waals surface area contributed by atoms with Crippen molar-refractivity contribution in [1.82, 2.24) is 19.6 Å². The largest absolute Gasteiger partial charge is 0.396 e. The minimum atomic E-state index is -0.272. The summed E-state index contributed by atoms with van der Waals surface area (Å²) in [5, 5.41) is 9.22. The van der Waals surface area contributed by atoms with E-state index in [0.717, 1.165) is 71.7 Å². The molecule has 0 radical (unpaired) electrons. The number of hydrogen-bond acceptors (Lipinski definition) is 6. The molecule has 2 aliphatic heterocycles. The Morgan fingerprint density at radius 3 is 2.14 bits per heavy atom. The number of aliphatic hydroxyl groups excluding tert-OH is 1. The highest BCUT2D eigenvalue weighted by Gasteiger charge is 2.27. The van der Waals surface area contributed by atoms with Crippen LogP contribution in [0.25, 0.3) is 0 Å². The van der Waals surface area contributed by atoms with Crippen LogP contribution in [0, 0.1) is 5.92 Å². The Kier molecular flexibility index (Phi) is 10.6. The number of hydrogen-bond donors (Lipinski definition) is 1. The van der Waals surface area contributed by atoms with E-state index in [1.54, 1.807) is 0 Å². The Bertz CT molecular complexity index is 439. The second-order valence-electron chi connectivity index (χ2n) is 8.08. The molecular formula is C20H39FN4O3. The summed E-state index contributed by atoms with van der Waals surface area (Å²) in [5.74, 6) is 0.262. The molecule has 2 fully saturated rings. The fraction of sp³-hybridized carbons (Fsp3) is 0.950. The molecule has 0 aliphatic carbocycles. The third kappa shape index (κ3) is 7.55. The number of aliphatic hydroxyl groups is 1. The van der Waals surface area contributed by atoms with Crippen molar-refractivity contribution in [2.24, 2.45) is 5.92 Å². The van der Waals surface area contributed by atoms with Crippen LogP contribution in [0.15, 0.2) is 0 Å². The van der Waals surface area contributed by atoms with Crippen molar-refractivity contribution >= 4 is 5.91 Å². The third-order valence-corrected chi connectivity index (χ3v) is 5.72. The van der Waals surface area contributed by atoms with E-state index in [4.69, 9.17) is 4.74 Å². The maximum absolute atomic E-state index is 12.4. The Labute approximate surface area is 169 Å². The molecule has 2 aliphatic rings. The molecule has 0 bridgehead atoms. The fourth-order valence-corrected chi connectivity index (χ4v) is 3.91. The SMILES string of the molecule is CC(C)C(=O)N1CCN(C(CCCO)OCCN2CCN(CCF)CC2)CC1. The van der Waals surface area contributed by atoms with E-state index in [1.165, 1.54) is 0 Å². The summed E-state index contributed by atoms with van der Waals surface area (Å²) in [4.78, 5) is 21.0. The molecule has 2 saturated heterocycles. The van der Waals surface area contributed by atoms with Crippen molar-refractivity contribution in [2.45, 2.75) is 32.9 Å². The maximum atomic E-state index is 12.4. The molecule has 28 heavy (non-hydrogen) atoms. The van der Waals surface area contributed by atoms with Crippen LogP contribution in [0.2, 0.25) is 0 Å². The van der Waals surface area contributed by atoms with Crippen molar-refractivity contribution in [2.75, 3.05) is 85.3 Å². The predicted octanol–water partition coefficient (Wildman–Crippen LogP) is 0.489. The Morgan fingerprint density at radius 1 is 1.00 bits per heavy atom. The molecule has 1 atom stereocenters. The first-order valence-electron chi connectivity index (χ1n) is 10.8. The van der Waals surface area contributed by atoms with Gasteiger partial charge >= 0.3 is 0 Å². The molecule has 0 aromatic rings. The van der Waals surface area contributed by atoms with Crippen LogP contribution < -0.4 is 0 Å². The topological polar surface area (TPSA) is 59.5 Å². The summed E-state index contributed by atoms with van der Waals surface area (Å²) in [5.41, 5.74) is 0. The van der Waals surface area contributed by atoms with Gasteiger partial charge in [-0.3, -0.25) is 19.5 Å². The average Bonchev–Trinajstić information content (AvgIpc) is 2.71. The van der Waals surface area contributed by atoms with Gasteiger partial charge in [-0.2, -0.15) is 0 Å². The van der Waals surface area contributed by atoms with Gasteiger partial charge in [0.1, 0.15) is 12.9 Å². The van der Waals surface area contributed by atoms with E-state index in [-0.39, 0.29) is 31.3 Å². The van der Waals surface area contributed by atoms with Gasteiger partial charge in [-0.05, 0) is 12.8 Å². The van der Waals surface area contributed by atoms with Crippen molar-refractivity contribution in [3.63, 3.8) is 0 Å². The van der Waals surface area contributed by atoms with Crippen LogP contribution in [-0.2, 0) is 9.53 Å². The number of amides is 1. The van der Waals surface area contributed by atoms with Crippen molar-refractivity contribution in [3.05, 3.63) is 0 Å². The van der Waals surface area contributed by atoms with E-state index in [1.807, 2.05) is 18.7 Å². The second kappa shape index (κ2) is 12.7. The van der Waals surface area contributed by atoms with Gasteiger partial charge in [-0.25, -0.2) is 4.39 Å². The van der Waals surface area contributed by atoms with Gasteiger partial charge in [0, 0.05) is 78.0 Å². The first kappa shape index (κ1) is 23.5. The second-order valence-corrected chi connectivity index (χ2v) is 8.08. The van der Waals surface area contributed by atoms with E-state index < -0.39 is 0 Å². The molecule has 2 rings (SSSR count). The lowest BCUT2D eigenvalue weighted by Gasteiger charge is -2.40. The molecule has 1 amide bonds. The number of nitrogens with zero attached hydrogens (tertiary/aromatic N) is 4. The van der Waals surface area contributed by atoms with Crippen molar-refractivity contribution in [3.8, 4) is 0 Å². The standard InChI is InChI=1S/C20H39FN4O3/c1-18(2)20(27)25-13-11-24(12-14-25)19(4-3-16-26)28-17-15-23-9-7-22(6-5-21)8-10-23/h18-19,26H,3-17H2,1-2H3. The quantitative estimate of drug-likeness (QED) is 0.543. The summed E-state index contributed by atoms with van der Waals surface area (Å²) >= 11 is 0. The molecule has 1 unspecified atom stereocenters. The molecule has 0 aromatic heterocycles. The Hall–Kier alpha value is -0.800. The molecule has 8 heteroatoms. The van der Waals surface area contributed by atoms with Crippen LogP contribution in [0.4, 0.5) is 4.39 Å². The number of halogens is 1. The van der Waals surface area contributed by atoms with E-state index in [0.29, 0.717) is 13.2 Å². The van der Waals surface area contributed by atoms with Gasteiger partial charge in [0.25, 0.3) is 0 Å². The lowest BCUT2D eigenvalue weighted by molar-refractivity contribution is -0.140. The maximum Gasteiger partial charge on any atom is 0.225 e. The average molecular weight is 403 g/mol. The predicted molar refractivity (Wildman–Crippen MR) is 108 cm³/mol. The van der Waals surface area contributed by atoms with Gasteiger partial charge in [0.05, 0.1) is 6.61 Å². The highest BCUT2D eigenvalue weighted by atomic mass is 19.1. The van der Waals surface area contributed by atoms with E-state index >= 15 is 0 Å². The zero-order chi connectivity index (χ0) is 20.4. The molecule has 2 heterocycles. The van der Waals surface area contributed by atoms with Gasteiger partial charge in [-0.15, -0.1) is 0 Å². The summed E-state index contributed by atoms with van der Waals surface area (Å²) < 4.78 is 18.6. The summed E-state index contributed by atoms with van der Waals surface area (Å²) in [6.07, 6.45) is 1.52. The van der Waals surface area contributed by atoms with Crippen LogP contribution in [0.5, 0.6) is 0 Å². The minimum absolute atomic E-state index is 0.00345. The number of rotatable bonds is 11. The number of alkyl halides is 1. The minimum Gasteiger partial charge on any atom is -0.396 e. The molecule has 0 spiro atoms. The van der Waals surface area contributed by atoms with E-state index in [2.05, 4.69) is 14.7 Å². The summed E-state index contributed by atoms with van der Waals surface area (Å²) in [6, 6.07) is 0. The zero-order valence-electron chi connectivity index (χ0n) is 17.7. The Balaban J connectivity index is 1.72. The van der Waals surface area contributed by atoms with Crippen molar-refractivity contribution in [1.29, 1.82) is 0 Å². The highest BCUT2D eigenvalue weighted by molar-refractivity contribution is 5.78. The smallest absolute Gasteiger partial charge is 0.225 e. The van der Waals surface area contributed by atoms with Crippen molar-refractivity contribution < 1.29 is 19.0 Å². The summed E-state index contributed by atoms with van der Waals surface area (Å²) in [6.45, 7) is 12.7.